The number of fused-ring (bicyclic) bond motifs is 1. The van der Waals surface area contributed by atoms with Crippen molar-refractivity contribution in [2.75, 3.05) is 0 Å². The molecule has 0 bridgehead atoms. The Bertz CT molecular complexity index is 814. The smallest absolute Gasteiger partial charge is 0.296 e. The molecule has 1 saturated carbocycles. The number of nitrogens with one attached hydrogen (secondary N) is 1. The van der Waals surface area contributed by atoms with Gasteiger partial charge >= 0.3 is 4.87 Å². The normalized spacial score (nSPS) is 16.1. The fourth-order valence-electron chi connectivity index (χ4n) is 2.16. The Balaban J connectivity index is 2.09. The quantitative estimate of drug-likeness (QED) is 0.940. The molecule has 0 saturated heterocycles. The second-order valence-electron chi connectivity index (χ2n) is 5.36. The minimum absolute atomic E-state index is 0.0558. The van der Waals surface area contributed by atoms with Crippen molar-refractivity contribution in [3.05, 3.63) is 27.9 Å². The van der Waals surface area contributed by atoms with Gasteiger partial charge in [0.25, 0.3) is 0 Å². The first-order chi connectivity index (χ1) is 9.38. The van der Waals surface area contributed by atoms with E-state index in [4.69, 9.17) is 0 Å². The summed E-state index contributed by atoms with van der Waals surface area (Å²) in [6.45, 7) is 3.87. The van der Waals surface area contributed by atoms with Gasteiger partial charge in [-0.15, -0.1) is 0 Å². The first-order valence-electron chi connectivity index (χ1n) is 6.56. The monoisotopic (exact) mass is 312 g/mol. The number of benzene rings is 1. The van der Waals surface area contributed by atoms with Gasteiger partial charge in [0.2, 0.25) is 10.0 Å². The molecule has 1 heterocycles. The fourth-order valence-corrected chi connectivity index (χ4v) is 4.62. The van der Waals surface area contributed by atoms with Crippen molar-refractivity contribution in [1.29, 1.82) is 0 Å². The van der Waals surface area contributed by atoms with Gasteiger partial charge in [-0.2, -0.15) is 0 Å². The molecule has 0 amide bonds. The van der Waals surface area contributed by atoms with E-state index in [2.05, 4.69) is 4.72 Å². The average molecular weight is 312 g/mol. The SMILES string of the molecule is CC(C)n1c(=O)sc2cc(S(=O)(=O)NC3CC3)ccc21. The van der Waals surface area contributed by atoms with Crippen molar-refractivity contribution in [3.63, 3.8) is 0 Å². The van der Waals surface area contributed by atoms with Crippen molar-refractivity contribution in [2.24, 2.45) is 0 Å². The van der Waals surface area contributed by atoms with E-state index in [-0.39, 0.29) is 21.9 Å². The van der Waals surface area contributed by atoms with Gasteiger partial charge in [-0.25, -0.2) is 13.1 Å². The molecule has 0 atom stereocenters. The highest BCUT2D eigenvalue weighted by Gasteiger charge is 2.28. The third kappa shape index (κ3) is 2.41. The van der Waals surface area contributed by atoms with Crippen molar-refractivity contribution in [1.82, 2.24) is 9.29 Å². The van der Waals surface area contributed by atoms with Crippen LogP contribution in [0.2, 0.25) is 0 Å². The molecular weight excluding hydrogens is 296 g/mol. The zero-order chi connectivity index (χ0) is 14.5. The molecule has 2 aromatic rings. The standard InChI is InChI=1S/C13H16N2O3S2/c1-8(2)15-11-6-5-10(7-12(11)19-13(15)16)20(17,18)14-9-3-4-9/h5-9,14H,3-4H2,1-2H3. The van der Waals surface area contributed by atoms with E-state index >= 15 is 0 Å². The van der Waals surface area contributed by atoms with Crippen LogP contribution in [0, 0.1) is 0 Å². The predicted molar refractivity (Wildman–Crippen MR) is 79.8 cm³/mol. The molecule has 1 N–H and O–H groups in total. The summed E-state index contributed by atoms with van der Waals surface area (Å²) in [5.74, 6) is 0. The van der Waals surface area contributed by atoms with Crippen LogP contribution in [-0.4, -0.2) is 19.0 Å². The average Bonchev–Trinajstić information content (AvgIpc) is 3.07. The first kappa shape index (κ1) is 13.8. The number of sulfonamides is 1. The topological polar surface area (TPSA) is 68.2 Å². The molecule has 5 nitrogen and oxygen atoms in total. The number of nitrogens with zero attached hydrogens (tertiary/aromatic N) is 1. The fraction of sp³-hybridized carbons (Fsp3) is 0.462. The van der Waals surface area contributed by atoms with Crippen molar-refractivity contribution in [3.8, 4) is 0 Å². The number of aromatic nitrogens is 1. The molecule has 1 fully saturated rings. The van der Waals surface area contributed by atoms with Crippen molar-refractivity contribution < 1.29 is 8.42 Å². The summed E-state index contributed by atoms with van der Waals surface area (Å²) in [5, 5.41) is 0. The van der Waals surface area contributed by atoms with E-state index in [0.29, 0.717) is 4.70 Å². The van der Waals surface area contributed by atoms with Crippen LogP contribution in [0.5, 0.6) is 0 Å². The van der Waals surface area contributed by atoms with Gasteiger partial charge in [-0.05, 0) is 44.9 Å². The molecule has 108 valence electrons. The van der Waals surface area contributed by atoms with Gasteiger partial charge in [0.1, 0.15) is 0 Å². The lowest BCUT2D eigenvalue weighted by Crippen LogP contribution is -2.25. The highest BCUT2D eigenvalue weighted by molar-refractivity contribution is 7.89. The van der Waals surface area contributed by atoms with Gasteiger partial charge in [0, 0.05) is 12.1 Å². The Morgan fingerprint density at radius 3 is 2.65 bits per heavy atom. The Morgan fingerprint density at radius 1 is 1.35 bits per heavy atom. The molecule has 1 aromatic carbocycles. The Kier molecular flexibility index (Phi) is 3.23. The van der Waals surface area contributed by atoms with Gasteiger partial charge in [-0.3, -0.25) is 9.36 Å². The van der Waals surface area contributed by atoms with Crippen LogP contribution >= 0.6 is 11.3 Å². The van der Waals surface area contributed by atoms with Gasteiger partial charge in [-0.1, -0.05) is 11.3 Å². The lowest BCUT2D eigenvalue weighted by Gasteiger charge is -2.08. The van der Waals surface area contributed by atoms with E-state index < -0.39 is 10.0 Å². The van der Waals surface area contributed by atoms with Crippen LogP contribution < -0.4 is 9.60 Å². The van der Waals surface area contributed by atoms with Crippen LogP contribution in [0.1, 0.15) is 32.7 Å². The molecule has 1 aliphatic carbocycles. The summed E-state index contributed by atoms with van der Waals surface area (Å²) < 4.78 is 29.4. The van der Waals surface area contributed by atoms with Crippen molar-refractivity contribution in [2.45, 2.75) is 43.7 Å². The zero-order valence-corrected chi connectivity index (χ0v) is 12.9. The third-order valence-corrected chi connectivity index (χ3v) is 5.75. The van der Waals surface area contributed by atoms with E-state index in [1.807, 2.05) is 13.8 Å². The van der Waals surface area contributed by atoms with Gasteiger partial charge in [0.15, 0.2) is 0 Å². The number of hydrogen-bond donors (Lipinski definition) is 1. The second-order valence-corrected chi connectivity index (χ2v) is 8.06. The number of rotatable bonds is 4. The molecule has 0 spiro atoms. The third-order valence-electron chi connectivity index (χ3n) is 3.31. The predicted octanol–water partition coefficient (Wildman–Crippen LogP) is 2.08. The minimum Gasteiger partial charge on any atom is -0.296 e. The Labute approximate surface area is 121 Å². The number of hydrogen-bond acceptors (Lipinski definition) is 4. The first-order valence-corrected chi connectivity index (χ1v) is 8.86. The molecule has 7 heteroatoms. The van der Waals surface area contributed by atoms with Crippen LogP contribution in [0.4, 0.5) is 0 Å². The summed E-state index contributed by atoms with van der Waals surface area (Å²) in [7, 11) is -3.47. The van der Waals surface area contributed by atoms with E-state index in [1.165, 1.54) is 0 Å². The molecule has 1 aromatic heterocycles. The van der Waals surface area contributed by atoms with Gasteiger partial charge < -0.3 is 0 Å². The molecule has 1 aliphatic rings. The lowest BCUT2D eigenvalue weighted by atomic mass is 10.3. The van der Waals surface area contributed by atoms with Crippen LogP contribution in [-0.2, 0) is 10.0 Å². The number of thiazole rings is 1. The van der Waals surface area contributed by atoms with E-state index in [1.54, 1.807) is 22.8 Å². The lowest BCUT2D eigenvalue weighted by molar-refractivity contribution is 0.581. The summed E-state index contributed by atoms with van der Waals surface area (Å²) in [4.78, 5) is 12.1. The second kappa shape index (κ2) is 4.68. The zero-order valence-electron chi connectivity index (χ0n) is 11.3. The van der Waals surface area contributed by atoms with E-state index in [0.717, 1.165) is 29.7 Å². The maximum Gasteiger partial charge on any atom is 0.308 e. The molecule has 20 heavy (non-hydrogen) atoms. The van der Waals surface area contributed by atoms with Crippen LogP contribution in [0.25, 0.3) is 10.2 Å². The molecule has 0 unspecified atom stereocenters. The summed E-state index contributed by atoms with van der Waals surface area (Å²) >= 11 is 1.09. The van der Waals surface area contributed by atoms with Crippen LogP contribution in [0.15, 0.2) is 27.9 Å². The van der Waals surface area contributed by atoms with Crippen molar-refractivity contribution >= 4 is 31.6 Å². The van der Waals surface area contributed by atoms with Crippen LogP contribution in [0.3, 0.4) is 0 Å². The van der Waals surface area contributed by atoms with E-state index in [9.17, 15) is 13.2 Å². The largest absolute Gasteiger partial charge is 0.308 e. The Hall–Kier alpha value is -1.18. The summed E-state index contributed by atoms with van der Waals surface area (Å²) in [6, 6.07) is 5.01. The molecule has 0 radical (unpaired) electrons. The maximum absolute atomic E-state index is 12.2. The molecule has 0 aliphatic heterocycles. The highest BCUT2D eigenvalue weighted by atomic mass is 32.2. The highest BCUT2D eigenvalue weighted by Crippen LogP contribution is 2.26. The molecular formula is C13H16N2O3S2. The molecule has 3 rings (SSSR count). The maximum atomic E-state index is 12.2. The summed E-state index contributed by atoms with van der Waals surface area (Å²) in [5.41, 5.74) is 0.792. The van der Waals surface area contributed by atoms with Gasteiger partial charge in [0.05, 0.1) is 15.1 Å². The minimum atomic E-state index is -3.47. The summed E-state index contributed by atoms with van der Waals surface area (Å²) in [6.07, 6.45) is 1.80. The Morgan fingerprint density at radius 2 is 2.05 bits per heavy atom.